The molecule has 0 atom stereocenters. The third-order valence-corrected chi connectivity index (χ3v) is 3.30. The van der Waals surface area contributed by atoms with Crippen molar-refractivity contribution >= 4 is 17.3 Å². The number of carboxylic acid groups (broad SMARTS) is 1. The second kappa shape index (κ2) is 6.01. The molecule has 0 fully saturated rings. The summed E-state index contributed by atoms with van der Waals surface area (Å²) in [7, 11) is 0. The van der Waals surface area contributed by atoms with Crippen LogP contribution in [-0.2, 0) is 11.2 Å². The van der Waals surface area contributed by atoms with Gasteiger partial charge in [-0.15, -0.1) is 11.3 Å². The fourth-order valence-electron chi connectivity index (χ4n) is 1.57. The lowest BCUT2D eigenvalue weighted by Gasteiger charge is -2.22. The van der Waals surface area contributed by atoms with E-state index in [0.717, 1.165) is 19.5 Å². The van der Waals surface area contributed by atoms with Crippen molar-refractivity contribution in [3.63, 3.8) is 0 Å². The van der Waals surface area contributed by atoms with Gasteiger partial charge in [-0.25, -0.2) is 0 Å². The average molecular weight is 241 g/mol. The first-order valence-electron chi connectivity index (χ1n) is 5.44. The third-order valence-electron chi connectivity index (χ3n) is 2.36. The Morgan fingerprint density at radius 2 is 2.31 bits per heavy atom. The Kier molecular flexibility index (Phi) is 4.96. The van der Waals surface area contributed by atoms with Crippen LogP contribution in [0.4, 0.5) is 0 Å². The zero-order valence-electron chi connectivity index (χ0n) is 9.82. The fourth-order valence-corrected chi connectivity index (χ4v) is 2.27. The van der Waals surface area contributed by atoms with Crippen molar-refractivity contribution in [2.75, 3.05) is 13.1 Å². The first-order valence-corrected chi connectivity index (χ1v) is 6.32. The number of aliphatic carboxylic acids is 1. The van der Waals surface area contributed by atoms with E-state index in [1.54, 1.807) is 11.3 Å². The van der Waals surface area contributed by atoms with Gasteiger partial charge in [-0.3, -0.25) is 4.79 Å². The number of carbonyl (C=O) groups is 1. The van der Waals surface area contributed by atoms with Gasteiger partial charge in [0.25, 0.3) is 0 Å². The lowest BCUT2D eigenvalue weighted by atomic mass is 9.89. The molecule has 0 spiro atoms. The van der Waals surface area contributed by atoms with Gasteiger partial charge in [0.2, 0.25) is 0 Å². The van der Waals surface area contributed by atoms with Crippen molar-refractivity contribution in [3.05, 3.63) is 22.4 Å². The highest BCUT2D eigenvalue weighted by molar-refractivity contribution is 7.09. The van der Waals surface area contributed by atoms with Crippen LogP contribution in [0.3, 0.4) is 0 Å². The molecule has 1 aromatic rings. The first kappa shape index (κ1) is 13.2. The molecule has 1 aromatic heterocycles. The smallest absolute Gasteiger partial charge is 0.303 e. The Morgan fingerprint density at radius 1 is 1.56 bits per heavy atom. The number of carboxylic acids is 1. The molecule has 4 heteroatoms. The third kappa shape index (κ3) is 5.28. The van der Waals surface area contributed by atoms with E-state index in [9.17, 15) is 4.79 Å². The highest BCUT2D eigenvalue weighted by Gasteiger charge is 2.20. The number of rotatable bonds is 7. The SMILES string of the molecule is CC(C)(CNCCc1cccs1)CC(=O)O. The molecule has 0 unspecified atom stereocenters. The summed E-state index contributed by atoms with van der Waals surface area (Å²) in [6.07, 6.45) is 1.22. The van der Waals surface area contributed by atoms with Crippen LogP contribution in [0.2, 0.25) is 0 Å². The summed E-state index contributed by atoms with van der Waals surface area (Å²) < 4.78 is 0. The van der Waals surface area contributed by atoms with Crippen molar-refractivity contribution in [1.82, 2.24) is 5.32 Å². The molecule has 1 heterocycles. The molecule has 2 N–H and O–H groups in total. The van der Waals surface area contributed by atoms with Crippen LogP contribution in [0.15, 0.2) is 17.5 Å². The zero-order chi connectivity index (χ0) is 12.0. The summed E-state index contributed by atoms with van der Waals surface area (Å²) in [4.78, 5) is 12.0. The molecule has 1 rings (SSSR count). The van der Waals surface area contributed by atoms with Crippen LogP contribution in [0, 0.1) is 5.41 Å². The first-order chi connectivity index (χ1) is 7.49. The molecule has 0 bridgehead atoms. The van der Waals surface area contributed by atoms with E-state index in [1.165, 1.54) is 4.88 Å². The molecule has 0 aromatic carbocycles. The fraction of sp³-hybridized carbons (Fsp3) is 0.583. The summed E-state index contributed by atoms with van der Waals surface area (Å²) in [6, 6.07) is 4.17. The largest absolute Gasteiger partial charge is 0.481 e. The second-order valence-electron chi connectivity index (χ2n) is 4.74. The number of nitrogens with one attached hydrogen (secondary N) is 1. The van der Waals surface area contributed by atoms with Gasteiger partial charge in [0.15, 0.2) is 0 Å². The molecular weight excluding hydrogens is 222 g/mol. The molecule has 90 valence electrons. The van der Waals surface area contributed by atoms with E-state index in [0.29, 0.717) is 0 Å². The van der Waals surface area contributed by atoms with Gasteiger partial charge < -0.3 is 10.4 Å². The minimum Gasteiger partial charge on any atom is -0.481 e. The van der Waals surface area contributed by atoms with Crippen molar-refractivity contribution in [1.29, 1.82) is 0 Å². The van der Waals surface area contributed by atoms with Crippen molar-refractivity contribution in [2.24, 2.45) is 5.41 Å². The molecule has 0 aliphatic carbocycles. The molecule has 0 aliphatic heterocycles. The van der Waals surface area contributed by atoms with Crippen LogP contribution in [-0.4, -0.2) is 24.2 Å². The summed E-state index contributed by atoms with van der Waals surface area (Å²) in [5.74, 6) is -0.731. The maximum Gasteiger partial charge on any atom is 0.303 e. The Morgan fingerprint density at radius 3 is 2.88 bits per heavy atom. The molecule has 0 aliphatic rings. The van der Waals surface area contributed by atoms with Gasteiger partial charge in [0, 0.05) is 11.4 Å². The Labute approximate surface area is 100 Å². The normalized spacial score (nSPS) is 11.6. The minimum atomic E-state index is -0.731. The van der Waals surface area contributed by atoms with Crippen molar-refractivity contribution in [2.45, 2.75) is 26.7 Å². The van der Waals surface area contributed by atoms with Gasteiger partial charge in [0.1, 0.15) is 0 Å². The van der Waals surface area contributed by atoms with Crippen LogP contribution >= 0.6 is 11.3 Å². The standard InChI is InChI=1S/C12H19NO2S/c1-12(2,8-11(14)15)9-13-6-5-10-4-3-7-16-10/h3-4,7,13H,5-6,8-9H2,1-2H3,(H,14,15). The lowest BCUT2D eigenvalue weighted by Crippen LogP contribution is -2.32. The van der Waals surface area contributed by atoms with E-state index in [1.807, 2.05) is 19.9 Å². The maximum absolute atomic E-state index is 10.6. The van der Waals surface area contributed by atoms with E-state index >= 15 is 0 Å². The van der Waals surface area contributed by atoms with Gasteiger partial charge in [-0.05, 0) is 29.8 Å². The summed E-state index contributed by atoms with van der Waals surface area (Å²) >= 11 is 1.76. The van der Waals surface area contributed by atoms with Crippen LogP contribution < -0.4 is 5.32 Å². The summed E-state index contributed by atoms with van der Waals surface area (Å²) in [5.41, 5.74) is -0.179. The quantitative estimate of drug-likeness (QED) is 0.721. The summed E-state index contributed by atoms with van der Waals surface area (Å²) in [6.45, 7) is 5.59. The van der Waals surface area contributed by atoms with Crippen LogP contribution in [0.25, 0.3) is 0 Å². The predicted molar refractivity (Wildman–Crippen MR) is 66.9 cm³/mol. The molecule has 3 nitrogen and oxygen atoms in total. The average Bonchev–Trinajstić information content (AvgIpc) is 2.62. The second-order valence-corrected chi connectivity index (χ2v) is 5.77. The molecule has 0 amide bonds. The maximum atomic E-state index is 10.6. The van der Waals surface area contributed by atoms with Crippen molar-refractivity contribution in [3.8, 4) is 0 Å². The van der Waals surface area contributed by atoms with E-state index in [-0.39, 0.29) is 11.8 Å². The Hall–Kier alpha value is -0.870. The number of thiophene rings is 1. The monoisotopic (exact) mass is 241 g/mol. The number of hydrogen-bond acceptors (Lipinski definition) is 3. The lowest BCUT2D eigenvalue weighted by molar-refractivity contribution is -0.139. The van der Waals surface area contributed by atoms with Gasteiger partial charge >= 0.3 is 5.97 Å². The van der Waals surface area contributed by atoms with Gasteiger partial charge in [0.05, 0.1) is 6.42 Å². The highest BCUT2D eigenvalue weighted by Crippen LogP contribution is 2.18. The van der Waals surface area contributed by atoms with Crippen molar-refractivity contribution < 1.29 is 9.90 Å². The topological polar surface area (TPSA) is 49.3 Å². The summed E-state index contributed by atoms with van der Waals surface area (Å²) in [5, 5.41) is 14.1. The highest BCUT2D eigenvalue weighted by atomic mass is 32.1. The van der Waals surface area contributed by atoms with E-state index in [4.69, 9.17) is 5.11 Å². The molecule has 0 saturated heterocycles. The predicted octanol–water partition coefficient (Wildman–Crippen LogP) is 2.38. The molecule has 0 radical (unpaired) electrons. The molecule has 0 saturated carbocycles. The zero-order valence-corrected chi connectivity index (χ0v) is 10.6. The van der Waals surface area contributed by atoms with Gasteiger partial charge in [-0.1, -0.05) is 19.9 Å². The van der Waals surface area contributed by atoms with Crippen LogP contribution in [0.1, 0.15) is 25.1 Å². The van der Waals surface area contributed by atoms with Gasteiger partial charge in [-0.2, -0.15) is 0 Å². The molecular formula is C12H19NO2S. The Bertz CT molecular complexity index is 320. The Balaban J connectivity index is 2.17. The number of hydrogen-bond donors (Lipinski definition) is 2. The van der Waals surface area contributed by atoms with E-state index < -0.39 is 5.97 Å². The molecule has 16 heavy (non-hydrogen) atoms. The van der Waals surface area contributed by atoms with E-state index in [2.05, 4.69) is 16.8 Å². The van der Waals surface area contributed by atoms with Crippen LogP contribution in [0.5, 0.6) is 0 Å². The minimum absolute atomic E-state index is 0.179.